The zero-order chi connectivity index (χ0) is 24.6. The van der Waals surface area contributed by atoms with Crippen LogP contribution in [0.3, 0.4) is 0 Å². The summed E-state index contributed by atoms with van der Waals surface area (Å²) in [5.74, 6) is 1.88. The van der Waals surface area contributed by atoms with Gasteiger partial charge in [-0.3, -0.25) is 5.32 Å². The van der Waals surface area contributed by atoms with Crippen molar-refractivity contribution >= 4 is 28.9 Å². The first-order valence-corrected chi connectivity index (χ1v) is 11.4. The fourth-order valence-corrected chi connectivity index (χ4v) is 4.41. The first-order valence-electron chi connectivity index (χ1n) is 11.4. The number of methoxy groups -OCH3 is 1. The van der Waals surface area contributed by atoms with Crippen LogP contribution in [0.5, 0.6) is 5.75 Å². The molecule has 182 valence electrons. The van der Waals surface area contributed by atoms with Crippen molar-refractivity contribution in [3.63, 3.8) is 0 Å². The van der Waals surface area contributed by atoms with Gasteiger partial charge in [0.2, 0.25) is 0 Å². The van der Waals surface area contributed by atoms with Gasteiger partial charge in [0.25, 0.3) is 0 Å². The Morgan fingerprint density at radius 2 is 1.94 bits per heavy atom. The highest BCUT2D eigenvalue weighted by molar-refractivity contribution is 5.95. The molecule has 0 atom stereocenters. The number of rotatable bonds is 4. The molecule has 5 N–H and O–H groups in total. The van der Waals surface area contributed by atoms with E-state index in [1.54, 1.807) is 13.2 Å². The van der Waals surface area contributed by atoms with Crippen LogP contribution in [-0.4, -0.2) is 52.5 Å². The minimum Gasteiger partial charge on any atom is -0.495 e. The quantitative estimate of drug-likeness (QED) is 0.530. The maximum absolute atomic E-state index is 12.3. The molecule has 3 heterocycles. The van der Waals surface area contributed by atoms with E-state index < -0.39 is 11.7 Å². The van der Waals surface area contributed by atoms with Crippen LogP contribution in [0.2, 0.25) is 0 Å². The van der Waals surface area contributed by atoms with Gasteiger partial charge in [0.15, 0.2) is 5.82 Å². The third-order valence-corrected chi connectivity index (χ3v) is 5.93. The van der Waals surface area contributed by atoms with Gasteiger partial charge in [-0.1, -0.05) is 6.07 Å². The number of nitrogens with two attached hydrogens (primary N) is 2. The number of nitrogens with one attached hydrogen (secondary N) is 1. The molecule has 3 aromatic rings. The van der Waals surface area contributed by atoms with E-state index in [1.165, 1.54) is 6.33 Å². The molecular weight excluding hydrogens is 434 g/mol. The molecule has 1 saturated heterocycles. The standard InChI is InChI=1S/C24H33N7O3/c1-14-19(15-6-7-17(18(12-15)33-5)29-23(32)34-24(2,3)4)20-21(26)27-13-28-31(20)22(14)30-10-8-16(25)9-11-30/h6-7,12-13,16H,8-11,25H2,1-5H3,(H,29,32)(H2,26,27,28). The Morgan fingerprint density at radius 1 is 1.24 bits per heavy atom. The fourth-order valence-electron chi connectivity index (χ4n) is 4.41. The van der Waals surface area contributed by atoms with Gasteiger partial charge in [0.05, 0.1) is 12.8 Å². The second-order valence-electron chi connectivity index (χ2n) is 9.60. The molecule has 0 saturated carbocycles. The van der Waals surface area contributed by atoms with Gasteiger partial charge in [-0.15, -0.1) is 0 Å². The van der Waals surface area contributed by atoms with Crippen molar-refractivity contribution in [2.24, 2.45) is 5.73 Å². The number of nitrogens with zero attached hydrogens (tertiary/aromatic N) is 4. The van der Waals surface area contributed by atoms with E-state index in [-0.39, 0.29) is 6.04 Å². The predicted octanol–water partition coefficient (Wildman–Crippen LogP) is 3.57. The molecule has 10 nitrogen and oxygen atoms in total. The number of piperidine rings is 1. The molecule has 1 amide bonds. The van der Waals surface area contributed by atoms with Crippen LogP contribution in [0.1, 0.15) is 39.2 Å². The summed E-state index contributed by atoms with van der Waals surface area (Å²) in [5.41, 5.74) is 15.9. The van der Waals surface area contributed by atoms with Crippen LogP contribution in [-0.2, 0) is 4.74 Å². The van der Waals surface area contributed by atoms with E-state index in [1.807, 2.05) is 37.4 Å². The Morgan fingerprint density at radius 3 is 2.59 bits per heavy atom. The summed E-state index contributed by atoms with van der Waals surface area (Å²) in [7, 11) is 1.56. The smallest absolute Gasteiger partial charge is 0.412 e. The Labute approximate surface area is 199 Å². The summed E-state index contributed by atoms with van der Waals surface area (Å²) in [6, 6.07) is 5.80. The molecule has 0 bridgehead atoms. The van der Waals surface area contributed by atoms with Gasteiger partial charge in [-0.2, -0.15) is 5.10 Å². The summed E-state index contributed by atoms with van der Waals surface area (Å²) in [6.07, 6.45) is 2.76. The van der Waals surface area contributed by atoms with E-state index in [0.717, 1.165) is 54.0 Å². The second-order valence-corrected chi connectivity index (χ2v) is 9.60. The number of amides is 1. The largest absolute Gasteiger partial charge is 0.495 e. The predicted molar refractivity (Wildman–Crippen MR) is 133 cm³/mol. The van der Waals surface area contributed by atoms with Gasteiger partial charge < -0.3 is 25.8 Å². The lowest BCUT2D eigenvalue weighted by molar-refractivity contribution is 0.0635. The van der Waals surface area contributed by atoms with Crippen LogP contribution in [0.25, 0.3) is 16.6 Å². The van der Waals surface area contributed by atoms with Gasteiger partial charge in [0, 0.05) is 30.3 Å². The van der Waals surface area contributed by atoms with Gasteiger partial charge >= 0.3 is 6.09 Å². The zero-order valence-corrected chi connectivity index (χ0v) is 20.4. The lowest BCUT2D eigenvalue weighted by Crippen LogP contribution is -2.40. The molecule has 1 aliphatic rings. The average Bonchev–Trinajstić information content (AvgIpc) is 3.06. The Hall–Kier alpha value is -3.53. The van der Waals surface area contributed by atoms with E-state index in [0.29, 0.717) is 17.3 Å². The monoisotopic (exact) mass is 467 g/mol. The minimum atomic E-state index is -0.605. The number of carbonyl (C=O) groups excluding carboxylic acids is 1. The van der Waals surface area contributed by atoms with Crippen molar-refractivity contribution in [2.45, 2.75) is 52.2 Å². The Balaban J connectivity index is 1.78. The topological polar surface area (TPSA) is 133 Å². The second kappa shape index (κ2) is 9.02. The van der Waals surface area contributed by atoms with Gasteiger partial charge in [-0.05, 0) is 58.2 Å². The average molecular weight is 468 g/mol. The summed E-state index contributed by atoms with van der Waals surface area (Å²) in [5, 5.41) is 7.28. The maximum Gasteiger partial charge on any atom is 0.412 e. The SMILES string of the molecule is COc1cc(-c2c(C)c(N3CCC(N)CC3)n3ncnc(N)c23)ccc1NC(=O)OC(C)(C)C. The summed E-state index contributed by atoms with van der Waals surface area (Å²) < 4.78 is 12.8. The number of fused-ring (bicyclic) bond motifs is 1. The molecule has 4 rings (SSSR count). The summed E-state index contributed by atoms with van der Waals surface area (Å²) >= 11 is 0. The van der Waals surface area contributed by atoms with Crippen molar-refractivity contribution in [1.82, 2.24) is 14.6 Å². The number of anilines is 3. The number of carbonyl (C=O) groups is 1. The molecule has 1 fully saturated rings. The molecular formula is C24H33N7O3. The highest BCUT2D eigenvalue weighted by Gasteiger charge is 2.27. The number of hydrogen-bond donors (Lipinski definition) is 3. The molecule has 34 heavy (non-hydrogen) atoms. The van der Waals surface area contributed by atoms with E-state index in [9.17, 15) is 4.79 Å². The van der Waals surface area contributed by atoms with Crippen molar-refractivity contribution in [2.75, 3.05) is 36.1 Å². The minimum absolute atomic E-state index is 0.219. The van der Waals surface area contributed by atoms with Gasteiger partial charge in [0.1, 0.15) is 29.0 Å². The van der Waals surface area contributed by atoms with E-state index in [2.05, 4.69) is 27.2 Å². The summed E-state index contributed by atoms with van der Waals surface area (Å²) in [6.45, 7) is 9.20. The fraction of sp³-hybridized carbons (Fsp3) is 0.458. The highest BCUT2D eigenvalue weighted by atomic mass is 16.6. The Bertz CT molecular complexity index is 1210. The third-order valence-electron chi connectivity index (χ3n) is 5.93. The lowest BCUT2D eigenvalue weighted by atomic mass is 10.0. The molecule has 1 aromatic carbocycles. The molecule has 0 unspecified atom stereocenters. The van der Waals surface area contributed by atoms with Crippen LogP contribution in [0, 0.1) is 6.92 Å². The molecule has 2 aromatic heterocycles. The van der Waals surface area contributed by atoms with Crippen molar-refractivity contribution < 1.29 is 14.3 Å². The van der Waals surface area contributed by atoms with E-state index in [4.69, 9.17) is 20.9 Å². The lowest BCUT2D eigenvalue weighted by Gasteiger charge is -2.32. The first-order chi connectivity index (χ1) is 16.1. The number of benzene rings is 1. The number of nitrogen functional groups attached to an aromatic ring is 1. The van der Waals surface area contributed by atoms with Crippen molar-refractivity contribution in [3.05, 3.63) is 30.1 Å². The van der Waals surface area contributed by atoms with E-state index >= 15 is 0 Å². The van der Waals surface area contributed by atoms with Crippen molar-refractivity contribution in [1.29, 1.82) is 0 Å². The number of aromatic nitrogens is 3. The molecule has 0 aliphatic carbocycles. The van der Waals surface area contributed by atoms with Crippen LogP contribution < -0.4 is 26.4 Å². The van der Waals surface area contributed by atoms with Gasteiger partial charge in [-0.25, -0.2) is 14.3 Å². The normalized spacial score (nSPS) is 14.9. The molecule has 0 spiro atoms. The summed E-state index contributed by atoms with van der Waals surface area (Å²) in [4.78, 5) is 18.8. The van der Waals surface area contributed by atoms with Crippen molar-refractivity contribution in [3.8, 4) is 16.9 Å². The zero-order valence-electron chi connectivity index (χ0n) is 20.4. The highest BCUT2D eigenvalue weighted by Crippen LogP contribution is 2.41. The van der Waals surface area contributed by atoms with Crippen LogP contribution in [0.15, 0.2) is 24.5 Å². The van der Waals surface area contributed by atoms with Crippen LogP contribution in [0.4, 0.5) is 22.1 Å². The maximum atomic E-state index is 12.3. The number of ether oxygens (including phenoxy) is 2. The molecule has 0 radical (unpaired) electrons. The number of hydrogen-bond acceptors (Lipinski definition) is 8. The third kappa shape index (κ3) is 4.58. The molecule has 10 heteroatoms. The first kappa shape index (κ1) is 23.6. The molecule has 1 aliphatic heterocycles. The van der Waals surface area contributed by atoms with Crippen LogP contribution >= 0.6 is 0 Å². The Kier molecular flexibility index (Phi) is 6.26.